The van der Waals surface area contributed by atoms with Crippen LogP contribution in [0.1, 0.15) is 0 Å². The summed E-state index contributed by atoms with van der Waals surface area (Å²) in [5.74, 6) is 0.524. The predicted octanol–water partition coefficient (Wildman–Crippen LogP) is 1.18. The van der Waals surface area contributed by atoms with E-state index >= 15 is 0 Å². The molecule has 0 aromatic heterocycles. The molecule has 1 atom stereocenters. The van der Waals surface area contributed by atoms with Crippen molar-refractivity contribution in [1.29, 1.82) is 0 Å². The Kier molecular flexibility index (Phi) is 6.51. The summed E-state index contributed by atoms with van der Waals surface area (Å²) in [4.78, 5) is 22.2. The summed E-state index contributed by atoms with van der Waals surface area (Å²) in [6.07, 6.45) is 1.58. The lowest BCUT2D eigenvalue weighted by atomic mass is 10.3. The number of non-ortho nitro benzene ring substituents is 1. The number of benzene rings is 1. The molecule has 0 saturated heterocycles. The fourth-order valence-corrected chi connectivity index (χ4v) is 2.32. The molecular formula is C11H14N2O4S2. The van der Waals surface area contributed by atoms with Crippen LogP contribution in [0.25, 0.3) is 0 Å². The molecule has 0 unspecified atom stereocenters. The highest BCUT2D eigenvalue weighted by Crippen LogP contribution is 2.20. The average molecular weight is 302 g/mol. The number of hydrogen-bond acceptors (Lipinski definition) is 5. The second kappa shape index (κ2) is 7.90. The van der Waals surface area contributed by atoms with Crippen molar-refractivity contribution in [3.63, 3.8) is 0 Å². The number of carbonyl (C=O) groups is 1. The molecule has 6 nitrogen and oxygen atoms in total. The molecule has 0 aliphatic heterocycles. The van der Waals surface area contributed by atoms with Crippen molar-refractivity contribution in [1.82, 2.24) is 5.32 Å². The minimum absolute atomic E-state index is 0.0271. The van der Waals surface area contributed by atoms with Crippen LogP contribution in [-0.4, -0.2) is 39.3 Å². The first kappa shape index (κ1) is 15.6. The number of nitrogens with zero attached hydrogens (tertiary/aromatic N) is 1. The summed E-state index contributed by atoms with van der Waals surface area (Å²) in [6.45, 7) is 0.392. The van der Waals surface area contributed by atoms with Crippen LogP contribution in [0.5, 0.6) is 0 Å². The number of rotatable bonds is 7. The van der Waals surface area contributed by atoms with Crippen molar-refractivity contribution in [2.45, 2.75) is 4.90 Å². The Hall–Kier alpha value is -1.41. The summed E-state index contributed by atoms with van der Waals surface area (Å²) in [5.41, 5.74) is 0.0271. The van der Waals surface area contributed by atoms with E-state index in [1.54, 1.807) is 18.4 Å². The Morgan fingerprint density at radius 1 is 1.42 bits per heavy atom. The highest BCUT2D eigenvalue weighted by atomic mass is 32.2. The van der Waals surface area contributed by atoms with Gasteiger partial charge < -0.3 is 5.32 Å². The summed E-state index contributed by atoms with van der Waals surface area (Å²) in [5, 5.41) is 13.1. The van der Waals surface area contributed by atoms with Gasteiger partial charge in [0.25, 0.3) is 5.69 Å². The molecule has 1 aromatic rings. The van der Waals surface area contributed by atoms with E-state index in [9.17, 15) is 19.1 Å². The van der Waals surface area contributed by atoms with E-state index in [1.165, 1.54) is 23.9 Å². The molecule has 0 fully saturated rings. The van der Waals surface area contributed by atoms with Crippen LogP contribution in [0.4, 0.5) is 5.69 Å². The highest BCUT2D eigenvalue weighted by molar-refractivity contribution is 8.00. The van der Waals surface area contributed by atoms with Gasteiger partial charge in [-0.25, -0.2) is 0 Å². The molecule has 0 radical (unpaired) electrons. The number of amides is 1. The van der Waals surface area contributed by atoms with E-state index in [0.717, 1.165) is 4.90 Å². The fourth-order valence-electron chi connectivity index (χ4n) is 1.20. The number of hydrogen-bond donors (Lipinski definition) is 1. The van der Waals surface area contributed by atoms with Crippen LogP contribution >= 0.6 is 11.8 Å². The normalized spacial score (nSPS) is 11.8. The fraction of sp³-hybridized carbons (Fsp3) is 0.364. The van der Waals surface area contributed by atoms with Crippen LogP contribution in [-0.2, 0) is 15.6 Å². The summed E-state index contributed by atoms with van der Waals surface area (Å²) < 4.78 is 10.8. The quantitative estimate of drug-likeness (QED) is 0.464. The van der Waals surface area contributed by atoms with Crippen LogP contribution in [0.15, 0.2) is 29.2 Å². The molecule has 8 heteroatoms. The van der Waals surface area contributed by atoms with Crippen molar-refractivity contribution in [2.24, 2.45) is 0 Å². The van der Waals surface area contributed by atoms with Gasteiger partial charge in [0.1, 0.15) is 0 Å². The molecule has 0 heterocycles. The van der Waals surface area contributed by atoms with E-state index < -0.39 is 15.7 Å². The Balaban J connectivity index is 2.33. The van der Waals surface area contributed by atoms with Crippen LogP contribution in [0.3, 0.4) is 0 Å². The Morgan fingerprint density at radius 2 is 2.05 bits per heavy atom. The van der Waals surface area contributed by atoms with Crippen molar-refractivity contribution >= 4 is 34.2 Å². The largest absolute Gasteiger partial charge is 0.354 e. The van der Waals surface area contributed by atoms with Crippen LogP contribution in [0, 0.1) is 10.1 Å². The van der Waals surface area contributed by atoms with Crippen molar-refractivity contribution in [3.8, 4) is 0 Å². The van der Waals surface area contributed by atoms with Gasteiger partial charge in [0.05, 0.1) is 10.7 Å². The van der Waals surface area contributed by atoms with Crippen molar-refractivity contribution in [2.75, 3.05) is 24.3 Å². The number of nitro groups is 1. The number of thioether (sulfide) groups is 1. The molecule has 1 rings (SSSR count). The standard InChI is InChI=1S/C11H14N2O4S2/c1-19(17)7-6-12-11(14)8-18-10-4-2-9(3-5-10)13(15)16/h2-5H,6-8H2,1H3,(H,12,14)/t19-/m0/s1. The Bertz CT molecular complexity index is 476. The lowest BCUT2D eigenvalue weighted by Gasteiger charge is -2.04. The molecule has 0 aliphatic carbocycles. The van der Waals surface area contributed by atoms with Gasteiger partial charge >= 0.3 is 0 Å². The summed E-state index contributed by atoms with van der Waals surface area (Å²) >= 11 is 1.30. The summed E-state index contributed by atoms with van der Waals surface area (Å²) in [6, 6.07) is 6.02. The molecular weight excluding hydrogens is 288 g/mol. The monoisotopic (exact) mass is 302 g/mol. The summed E-state index contributed by atoms with van der Waals surface area (Å²) in [7, 11) is -0.914. The number of nitro benzene ring substituents is 1. The van der Waals surface area contributed by atoms with Crippen molar-refractivity contribution < 1.29 is 13.9 Å². The lowest BCUT2D eigenvalue weighted by Crippen LogP contribution is -2.28. The van der Waals surface area contributed by atoms with Gasteiger partial charge in [-0.1, -0.05) is 0 Å². The first-order chi connectivity index (χ1) is 8.99. The Morgan fingerprint density at radius 3 is 2.58 bits per heavy atom. The zero-order valence-electron chi connectivity index (χ0n) is 10.3. The lowest BCUT2D eigenvalue weighted by molar-refractivity contribution is -0.384. The second-order valence-electron chi connectivity index (χ2n) is 3.67. The molecule has 0 bridgehead atoms. The molecule has 0 saturated carbocycles. The second-order valence-corrected chi connectivity index (χ2v) is 6.27. The Labute approximate surface area is 117 Å². The number of nitrogens with one attached hydrogen (secondary N) is 1. The maximum atomic E-state index is 11.4. The predicted molar refractivity (Wildman–Crippen MR) is 75.8 cm³/mol. The van der Waals surface area contributed by atoms with E-state index in [1.807, 2.05) is 0 Å². The smallest absolute Gasteiger partial charge is 0.269 e. The minimum Gasteiger partial charge on any atom is -0.354 e. The average Bonchev–Trinajstić information content (AvgIpc) is 2.36. The van der Waals surface area contributed by atoms with Gasteiger partial charge in [0.2, 0.25) is 5.91 Å². The molecule has 0 aliphatic rings. The first-order valence-corrected chi connectivity index (χ1v) is 8.14. The molecule has 1 N–H and O–H groups in total. The SMILES string of the molecule is C[S@](=O)CCNC(=O)CSc1ccc([N+](=O)[O-])cc1. The van der Waals surface area contributed by atoms with Gasteiger partial charge in [-0.2, -0.15) is 0 Å². The zero-order chi connectivity index (χ0) is 14.3. The molecule has 104 valence electrons. The van der Waals surface area contributed by atoms with Crippen LogP contribution in [0.2, 0.25) is 0 Å². The highest BCUT2D eigenvalue weighted by Gasteiger charge is 2.06. The maximum absolute atomic E-state index is 11.4. The molecule has 1 aromatic carbocycles. The third-order valence-corrected chi connectivity index (χ3v) is 3.92. The van der Waals surface area contributed by atoms with Gasteiger partial charge in [0, 0.05) is 46.4 Å². The van der Waals surface area contributed by atoms with Gasteiger partial charge in [-0.3, -0.25) is 19.1 Å². The molecule has 1 amide bonds. The topological polar surface area (TPSA) is 89.3 Å². The molecule has 19 heavy (non-hydrogen) atoms. The van der Waals surface area contributed by atoms with Crippen LogP contribution < -0.4 is 5.32 Å². The maximum Gasteiger partial charge on any atom is 0.269 e. The van der Waals surface area contributed by atoms with E-state index in [2.05, 4.69) is 5.32 Å². The molecule has 0 spiro atoms. The van der Waals surface area contributed by atoms with Gasteiger partial charge in [-0.15, -0.1) is 11.8 Å². The van der Waals surface area contributed by atoms with Gasteiger partial charge in [0.15, 0.2) is 0 Å². The third kappa shape index (κ3) is 6.35. The van der Waals surface area contributed by atoms with Crippen molar-refractivity contribution in [3.05, 3.63) is 34.4 Å². The van der Waals surface area contributed by atoms with E-state index in [4.69, 9.17) is 0 Å². The van der Waals surface area contributed by atoms with Gasteiger partial charge in [-0.05, 0) is 12.1 Å². The third-order valence-electron chi connectivity index (χ3n) is 2.13. The van der Waals surface area contributed by atoms with E-state index in [-0.39, 0.29) is 17.3 Å². The number of carbonyl (C=O) groups excluding carboxylic acids is 1. The minimum atomic E-state index is -0.914. The zero-order valence-corrected chi connectivity index (χ0v) is 12.0. The van der Waals surface area contributed by atoms with E-state index in [0.29, 0.717) is 12.3 Å². The first-order valence-electron chi connectivity index (χ1n) is 5.43.